The molecule has 1 N–H and O–H groups in total. The van der Waals surface area contributed by atoms with Crippen LogP contribution in [0.1, 0.15) is 0 Å². The summed E-state index contributed by atoms with van der Waals surface area (Å²) in [5.74, 6) is 0. The van der Waals surface area contributed by atoms with Crippen LogP contribution in [0, 0.1) is 0 Å². The molecule has 0 spiro atoms. The monoisotopic (exact) mass is 229 g/mol. The number of aromatic nitrogens is 3. The summed E-state index contributed by atoms with van der Waals surface area (Å²) in [4.78, 5) is 11.5. The number of hydrogen-bond donors (Lipinski definition) is 1. The number of hydrogen-bond acceptors (Lipinski definition) is 2. The van der Waals surface area contributed by atoms with E-state index in [1.54, 1.807) is 12.5 Å². The van der Waals surface area contributed by atoms with E-state index < -0.39 is 0 Å². The summed E-state index contributed by atoms with van der Waals surface area (Å²) >= 11 is 5.86. The van der Waals surface area contributed by atoms with E-state index in [0.717, 1.165) is 27.2 Å². The van der Waals surface area contributed by atoms with Crippen molar-refractivity contribution in [1.29, 1.82) is 0 Å². The Balaban J connectivity index is 2.25. The number of halogens is 1. The van der Waals surface area contributed by atoms with E-state index in [4.69, 9.17) is 11.6 Å². The lowest BCUT2D eigenvalue weighted by Gasteiger charge is -2.01. The van der Waals surface area contributed by atoms with E-state index in [0.29, 0.717) is 0 Å². The summed E-state index contributed by atoms with van der Waals surface area (Å²) in [6.07, 6.45) is 5.25. The normalized spacial score (nSPS) is 10.8. The quantitative estimate of drug-likeness (QED) is 0.696. The molecule has 0 unspecified atom stereocenters. The summed E-state index contributed by atoms with van der Waals surface area (Å²) in [5.41, 5.74) is 3.94. The average molecular weight is 230 g/mol. The van der Waals surface area contributed by atoms with Gasteiger partial charge in [0.2, 0.25) is 0 Å². The SMILES string of the molecule is Clc1ccc(-c2cncc3[nH]cnc23)cc1. The third-order valence-electron chi connectivity index (χ3n) is 2.49. The molecule has 2 heterocycles. The summed E-state index contributed by atoms with van der Waals surface area (Å²) < 4.78 is 0. The van der Waals surface area contributed by atoms with E-state index in [-0.39, 0.29) is 0 Å². The Hall–Kier alpha value is -1.87. The number of nitrogens with zero attached hydrogens (tertiary/aromatic N) is 2. The van der Waals surface area contributed by atoms with Crippen molar-refractivity contribution < 1.29 is 0 Å². The zero-order valence-corrected chi connectivity index (χ0v) is 9.07. The van der Waals surface area contributed by atoms with Gasteiger partial charge in [-0.3, -0.25) is 4.98 Å². The van der Waals surface area contributed by atoms with Crippen molar-refractivity contribution >= 4 is 22.6 Å². The van der Waals surface area contributed by atoms with Crippen LogP contribution in [0.4, 0.5) is 0 Å². The molecule has 0 atom stereocenters. The second kappa shape index (κ2) is 3.61. The highest BCUT2D eigenvalue weighted by molar-refractivity contribution is 6.30. The van der Waals surface area contributed by atoms with Gasteiger partial charge in [0.15, 0.2) is 0 Å². The van der Waals surface area contributed by atoms with Gasteiger partial charge in [-0.05, 0) is 17.7 Å². The highest BCUT2D eigenvalue weighted by Gasteiger charge is 2.05. The Morgan fingerprint density at radius 2 is 1.88 bits per heavy atom. The number of benzene rings is 1. The van der Waals surface area contributed by atoms with E-state index >= 15 is 0 Å². The Kier molecular flexibility index (Phi) is 2.11. The van der Waals surface area contributed by atoms with Crippen LogP contribution in [0.25, 0.3) is 22.2 Å². The molecule has 0 saturated carbocycles. The van der Waals surface area contributed by atoms with Crippen LogP contribution in [-0.2, 0) is 0 Å². The van der Waals surface area contributed by atoms with Crippen molar-refractivity contribution in [2.75, 3.05) is 0 Å². The fourth-order valence-corrected chi connectivity index (χ4v) is 1.83. The van der Waals surface area contributed by atoms with Crippen molar-refractivity contribution in [3.05, 3.63) is 48.0 Å². The predicted molar refractivity (Wildman–Crippen MR) is 64.3 cm³/mol. The number of nitrogens with one attached hydrogen (secondary N) is 1. The molecule has 3 rings (SSSR count). The fraction of sp³-hybridized carbons (Fsp3) is 0. The molecule has 1 aromatic carbocycles. The van der Waals surface area contributed by atoms with Gasteiger partial charge in [-0.15, -0.1) is 0 Å². The number of imidazole rings is 1. The highest BCUT2D eigenvalue weighted by Crippen LogP contribution is 2.26. The maximum atomic E-state index is 5.86. The molecule has 0 fully saturated rings. The van der Waals surface area contributed by atoms with Gasteiger partial charge in [-0.2, -0.15) is 0 Å². The average Bonchev–Trinajstić information content (AvgIpc) is 2.78. The van der Waals surface area contributed by atoms with Crippen LogP contribution >= 0.6 is 11.6 Å². The molecular weight excluding hydrogens is 222 g/mol. The third-order valence-corrected chi connectivity index (χ3v) is 2.74. The van der Waals surface area contributed by atoms with Crippen LogP contribution in [0.2, 0.25) is 5.02 Å². The lowest BCUT2D eigenvalue weighted by atomic mass is 10.1. The molecule has 3 nitrogen and oxygen atoms in total. The van der Waals surface area contributed by atoms with Crippen molar-refractivity contribution in [2.24, 2.45) is 0 Å². The molecule has 78 valence electrons. The molecule has 16 heavy (non-hydrogen) atoms. The van der Waals surface area contributed by atoms with Crippen molar-refractivity contribution in [3.63, 3.8) is 0 Å². The second-order valence-electron chi connectivity index (χ2n) is 3.49. The first-order valence-electron chi connectivity index (χ1n) is 4.87. The second-order valence-corrected chi connectivity index (χ2v) is 3.93. The predicted octanol–water partition coefficient (Wildman–Crippen LogP) is 3.28. The number of rotatable bonds is 1. The van der Waals surface area contributed by atoms with Gasteiger partial charge >= 0.3 is 0 Å². The highest BCUT2D eigenvalue weighted by atomic mass is 35.5. The molecule has 3 aromatic rings. The zero-order valence-electron chi connectivity index (χ0n) is 8.31. The van der Waals surface area contributed by atoms with Crippen LogP contribution < -0.4 is 0 Å². The molecule has 0 amide bonds. The lowest BCUT2D eigenvalue weighted by Crippen LogP contribution is -1.82. The van der Waals surface area contributed by atoms with E-state index in [9.17, 15) is 0 Å². The Morgan fingerprint density at radius 1 is 1.06 bits per heavy atom. The maximum absolute atomic E-state index is 5.86. The minimum absolute atomic E-state index is 0.728. The first-order chi connectivity index (χ1) is 7.84. The molecule has 2 aromatic heterocycles. The van der Waals surface area contributed by atoms with Crippen LogP contribution in [0.3, 0.4) is 0 Å². The minimum atomic E-state index is 0.728. The summed E-state index contributed by atoms with van der Waals surface area (Å²) in [6, 6.07) is 7.66. The molecule has 0 aliphatic heterocycles. The van der Waals surface area contributed by atoms with Gasteiger partial charge in [0.1, 0.15) is 0 Å². The van der Waals surface area contributed by atoms with Crippen molar-refractivity contribution in [3.8, 4) is 11.1 Å². The maximum Gasteiger partial charge on any atom is 0.0992 e. The molecule has 0 aliphatic rings. The van der Waals surface area contributed by atoms with Crippen molar-refractivity contribution in [1.82, 2.24) is 15.0 Å². The molecular formula is C12H8ClN3. The lowest BCUT2D eigenvalue weighted by molar-refractivity contribution is 1.33. The van der Waals surface area contributed by atoms with Gasteiger partial charge in [0.05, 0.1) is 23.6 Å². The van der Waals surface area contributed by atoms with E-state index in [2.05, 4.69) is 15.0 Å². The Labute approximate surface area is 97.1 Å². The van der Waals surface area contributed by atoms with Gasteiger partial charge in [-0.1, -0.05) is 23.7 Å². The van der Waals surface area contributed by atoms with Gasteiger partial charge in [-0.25, -0.2) is 4.98 Å². The zero-order chi connectivity index (χ0) is 11.0. The molecule has 0 aliphatic carbocycles. The number of fused-ring (bicyclic) bond motifs is 1. The topological polar surface area (TPSA) is 41.6 Å². The van der Waals surface area contributed by atoms with E-state index in [1.165, 1.54) is 0 Å². The number of H-pyrrole nitrogens is 1. The molecule has 0 radical (unpaired) electrons. The molecule has 0 bridgehead atoms. The van der Waals surface area contributed by atoms with Gasteiger partial charge in [0, 0.05) is 16.8 Å². The number of pyridine rings is 1. The van der Waals surface area contributed by atoms with Gasteiger partial charge in [0.25, 0.3) is 0 Å². The first-order valence-corrected chi connectivity index (χ1v) is 5.25. The first kappa shape index (κ1) is 9.36. The summed E-state index contributed by atoms with van der Waals surface area (Å²) in [6.45, 7) is 0. The van der Waals surface area contributed by atoms with Crippen LogP contribution in [0.15, 0.2) is 43.0 Å². The van der Waals surface area contributed by atoms with Gasteiger partial charge < -0.3 is 4.98 Å². The van der Waals surface area contributed by atoms with Crippen LogP contribution in [0.5, 0.6) is 0 Å². The standard InChI is InChI=1S/C12H8ClN3/c13-9-3-1-8(2-4-9)10-5-14-6-11-12(10)16-7-15-11/h1-7H,(H,15,16). The Bertz CT molecular complexity index is 628. The van der Waals surface area contributed by atoms with Crippen LogP contribution in [-0.4, -0.2) is 15.0 Å². The Morgan fingerprint density at radius 3 is 2.69 bits per heavy atom. The number of aromatic amines is 1. The van der Waals surface area contributed by atoms with E-state index in [1.807, 2.05) is 30.5 Å². The molecule has 0 saturated heterocycles. The fourth-order valence-electron chi connectivity index (χ4n) is 1.71. The smallest absolute Gasteiger partial charge is 0.0992 e. The summed E-state index contributed by atoms with van der Waals surface area (Å²) in [5, 5.41) is 0.728. The minimum Gasteiger partial charge on any atom is -0.343 e. The largest absolute Gasteiger partial charge is 0.343 e. The van der Waals surface area contributed by atoms with Crippen molar-refractivity contribution in [2.45, 2.75) is 0 Å². The molecule has 4 heteroatoms. The summed E-state index contributed by atoms with van der Waals surface area (Å²) in [7, 11) is 0. The third kappa shape index (κ3) is 1.46.